The topological polar surface area (TPSA) is 59.6 Å². The lowest BCUT2D eigenvalue weighted by Gasteiger charge is -2.32. The van der Waals surface area contributed by atoms with Gasteiger partial charge in [-0.15, -0.1) is 12.4 Å². The Morgan fingerprint density at radius 1 is 1.58 bits per heavy atom. The normalized spacial score (nSPS) is 25.3. The molecule has 0 aromatic carbocycles. The first-order chi connectivity index (χ1) is 8.35. The van der Waals surface area contributed by atoms with Crippen molar-refractivity contribution in [2.75, 3.05) is 20.3 Å². The zero-order valence-electron chi connectivity index (χ0n) is 12.5. The average molecular weight is 295 g/mol. The number of hydrogen-bond acceptors (Lipinski definition) is 4. The fourth-order valence-corrected chi connectivity index (χ4v) is 2.23. The monoisotopic (exact) mass is 294 g/mol. The smallest absolute Gasteiger partial charge is 0.240 e. The Balaban J connectivity index is 0.00000324. The molecule has 19 heavy (non-hydrogen) atoms. The number of methoxy groups -OCH3 is 1. The predicted octanol–water partition coefficient (Wildman–Crippen LogP) is 1.10. The maximum atomic E-state index is 12.1. The van der Waals surface area contributed by atoms with Gasteiger partial charge in [0.25, 0.3) is 0 Å². The van der Waals surface area contributed by atoms with Crippen molar-refractivity contribution in [3.63, 3.8) is 0 Å². The van der Waals surface area contributed by atoms with Crippen LogP contribution in [0.1, 0.15) is 34.1 Å². The van der Waals surface area contributed by atoms with E-state index in [1.807, 2.05) is 27.7 Å². The molecule has 3 atom stereocenters. The number of amides is 1. The van der Waals surface area contributed by atoms with Gasteiger partial charge in [0.05, 0.1) is 18.3 Å². The summed E-state index contributed by atoms with van der Waals surface area (Å²) >= 11 is 0. The van der Waals surface area contributed by atoms with Gasteiger partial charge in [0.15, 0.2) is 0 Å². The van der Waals surface area contributed by atoms with Crippen LogP contribution in [-0.2, 0) is 14.3 Å². The van der Waals surface area contributed by atoms with E-state index in [0.717, 1.165) is 13.0 Å². The van der Waals surface area contributed by atoms with Crippen molar-refractivity contribution in [1.29, 1.82) is 0 Å². The minimum Gasteiger partial charge on any atom is -0.379 e. The Labute approximate surface area is 122 Å². The maximum absolute atomic E-state index is 12.1. The first-order valence-electron chi connectivity index (χ1n) is 6.56. The van der Waals surface area contributed by atoms with Crippen LogP contribution < -0.4 is 10.6 Å². The minimum absolute atomic E-state index is 0. The van der Waals surface area contributed by atoms with Crippen molar-refractivity contribution in [3.8, 4) is 0 Å². The summed E-state index contributed by atoms with van der Waals surface area (Å²) in [6.07, 6.45) is 0.693. The lowest BCUT2D eigenvalue weighted by Crippen LogP contribution is -2.57. The van der Waals surface area contributed by atoms with Crippen LogP contribution in [0.5, 0.6) is 0 Å². The molecule has 1 aliphatic rings. The molecule has 1 unspecified atom stereocenters. The van der Waals surface area contributed by atoms with Gasteiger partial charge in [-0.3, -0.25) is 4.79 Å². The van der Waals surface area contributed by atoms with Crippen LogP contribution in [0.2, 0.25) is 0 Å². The van der Waals surface area contributed by atoms with Crippen LogP contribution in [0, 0.1) is 0 Å². The second kappa shape index (κ2) is 8.04. The molecule has 0 radical (unpaired) electrons. The van der Waals surface area contributed by atoms with Crippen molar-refractivity contribution < 1.29 is 14.3 Å². The highest BCUT2D eigenvalue weighted by Crippen LogP contribution is 2.15. The number of hydrogen-bond donors (Lipinski definition) is 2. The van der Waals surface area contributed by atoms with Gasteiger partial charge in [-0.25, -0.2) is 0 Å². The third-order valence-corrected chi connectivity index (χ3v) is 3.34. The van der Waals surface area contributed by atoms with Crippen LogP contribution in [0.3, 0.4) is 0 Å². The van der Waals surface area contributed by atoms with Crippen LogP contribution in [-0.4, -0.2) is 50.0 Å². The van der Waals surface area contributed by atoms with Gasteiger partial charge < -0.3 is 20.1 Å². The molecule has 0 aliphatic carbocycles. The molecular weight excluding hydrogens is 268 g/mol. The van der Waals surface area contributed by atoms with Gasteiger partial charge in [-0.2, -0.15) is 0 Å². The molecule has 0 aromatic heterocycles. The van der Waals surface area contributed by atoms with Gasteiger partial charge in [0.2, 0.25) is 5.91 Å². The van der Waals surface area contributed by atoms with Crippen molar-refractivity contribution in [2.45, 2.75) is 57.9 Å². The second-order valence-electron chi connectivity index (χ2n) is 5.59. The van der Waals surface area contributed by atoms with E-state index < -0.39 is 0 Å². The number of ether oxygens (including phenoxy) is 2. The highest BCUT2D eigenvalue weighted by molar-refractivity contribution is 5.85. The van der Waals surface area contributed by atoms with E-state index in [4.69, 9.17) is 9.47 Å². The lowest BCUT2D eigenvalue weighted by atomic mass is 9.99. The summed E-state index contributed by atoms with van der Waals surface area (Å²) in [4.78, 5) is 12.1. The van der Waals surface area contributed by atoms with E-state index in [9.17, 15) is 4.79 Å². The molecule has 5 nitrogen and oxygen atoms in total. The third-order valence-electron chi connectivity index (χ3n) is 3.34. The Kier molecular flexibility index (Phi) is 7.89. The first kappa shape index (κ1) is 18.6. The number of carbonyl (C=O) groups excluding carboxylic acids is 1. The molecule has 114 valence electrons. The Morgan fingerprint density at radius 3 is 2.74 bits per heavy atom. The number of halogens is 1. The van der Waals surface area contributed by atoms with E-state index in [1.54, 1.807) is 7.11 Å². The molecule has 1 aliphatic heterocycles. The summed E-state index contributed by atoms with van der Waals surface area (Å²) in [5.74, 6) is 0.00148. The number of morpholine rings is 1. The lowest BCUT2D eigenvalue weighted by molar-refractivity contribution is -0.129. The number of carbonyl (C=O) groups is 1. The molecule has 1 fully saturated rings. The molecular formula is C13H27ClN2O3. The summed E-state index contributed by atoms with van der Waals surface area (Å²) in [5.41, 5.74) is -0.227. The molecule has 1 amide bonds. The van der Waals surface area contributed by atoms with Crippen LogP contribution >= 0.6 is 12.4 Å². The van der Waals surface area contributed by atoms with E-state index in [0.29, 0.717) is 6.61 Å². The fourth-order valence-electron chi connectivity index (χ4n) is 2.23. The van der Waals surface area contributed by atoms with Gasteiger partial charge in [0.1, 0.15) is 6.04 Å². The average Bonchev–Trinajstić information content (AvgIpc) is 2.28. The molecule has 1 saturated heterocycles. The zero-order chi connectivity index (χ0) is 13.8. The predicted molar refractivity (Wildman–Crippen MR) is 77.8 cm³/mol. The first-order valence-corrected chi connectivity index (χ1v) is 6.56. The Morgan fingerprint density at radius 2 is 2.21 bits per heavy atom. The zero-order valence-corrected chi connectivity index (χ0v) is 13.3. The van der Waals surface area contributed by atoms with Crippen molar-refractivity contribution in [2.24, 2.45) is 0 Å². The van der Waals surface area contributed by atoms with Crippen molar-refractivity contribution in [1.82, 2.24) is 10.6 Å². The summed E-state index contributed by atoms with van der Waals surface area (Å²) < 4.78 is 10.8. The number of nitrogens with one attached hydrogen (secondary N) is 2. The van der Waals surface area contributed by atoms with E-state index in [1.165, 1.54) is 0 Å². The SMILES string of the molecule is COC(C)(C)CC(C)NC(=O)[C@H]1NCCO[C@@H]1C.Cl. The van der Waals surface area contributed by atoms with Crippen molar-refractivity contribution >= 4 is 18.3 Å². The van der Waals surface area contributed by atoms with E-state index in [2.05, 4.69) is 10.6 Å². The quantitative estimate of drug-likeness (QED) is 0.797. The summed E-state index contributed by atoms with van der Waals surface area (Å²) in [6, 6.07) is -0.185. The Bertz CT molecular complexity index is 287. The summed E-state index contributed by atoms with van der Waals surface area (Å²) in [5, 5.41) is 6.19. The Hall–Kier alpha value is -0.360. The second-order valence-corrected chi connectivity index (χ2v) is 5.59. The molecule has 2 N–H and O–H groups in total. The maximum Gasteiger partial charge on any atom is 0.240 e. The molecule has 0 saturated carbocycles. The number of rotatable bonds is 5. The molecule has 1 rings (SSSR count). The van der Waals surface area contributed by atoms with Gasteiger partial charge >= 0.3 is 0 Å². The van der Waals surface area contributed by atoms with Crippen LogP contribution in [0.15, 0.2) is 0 Å². The molecule has 0 bridgehead atoms. The molecule has 0 spiro atoms. The van der Waals surface area contributed by atoms with E-state index >= 15 is 0 Å². The molecule has 1 heterocycles. The molecule has 6 heteroatoms. The highest BCUT2D eigenvalue weighted by Gasteiger charge is 2.30. The molecule has 0 aromatic rings. The van der Waals surface area contributed by atoms with Crippen LogP contribution in [0.25, 0.3) is 0 Å². The largest absolute Gasteiger partial charge is 0.379 e. The third kappa shape index (κ3) is 6.08. The van der Waals surface area contributed by atoms with Gasteiger partial charge in [-0.05, 0) is 34.1 Å². The minimum atomic E-state index is -0.258. The van der Waals surface area contributed by atoms with Gasteiger partial charge in [-0.1, -0.05) is 0 Å². The van der Waals surface area contributed by atoms with E-state index in [-0.39, 0.29) is 42.1 Å². The van der Waals surface area contributed by atoms with Crippen LogP contribution in [0.4, 0.5) is 0 Å². The standard InChI is InChI=1S/C13H26N2O3.ClH/c1-9(8-13(3,4)17-5)15-12(16)11-10(2)18-7-6-14-11;/h9-11,14H,6-8H2,1-5H3,(H,15,16);1H/t9?,10-,11+;/m1./s1. The van der Waals surface area contributed by atoms with Crippen molar-refractivity contribution in [3.05, 3.63) is 0 Å². The summed E-state index contributed by atoms with van der Waals surface area (Å²) in [7, 11) is 1.69. The van der Waals surface area contributed by atoms with Gasteiger partial charge in [0, 0.05) is 19.7 Å². The highest BCUT2D eigenvalue weighted by atomic mass is 35.5. The fraction of sp³-hybridized carbons (Fsp3) is 0.923. The summed E-state index contributed by atoms with van der Waals surface area (Å²) in [6.45, 7) is 9.32.